The Morgan fingerprint density at radius 3 is 3.00 bits per heavy atom. The lowest BCUT2D eigenvalue weighted by molar-refractivity contribution is 0.205. The molecule has 0 unspecified atom stereocenters. The van der Waals surface area contributed by atoms with Crippen molar-refractivity contribution in [3.8, 4) is 0 Å². The minimum absolute atomic E-state index is 0.111. The number of alkyl halides is 1. The van der Waals surface area contributed by atoms with Crippen molar-refractivity contribution in [2.24, 2.45) is 0 Å². The third kappa shape index (κ3) is 3.47. The molecule has 0 saturated carbocycles. The number of methoxy groups -OCH3 is 1. The van der Waals surface area contributed by atoms with Gasteiger partial charge in [-0.1, -0.05) is 27.5 Å². The Labute approximate surface area is 107 Å². The number of aromatic amines is 1. The Morgan fingerprint density at radius 2 is 2.38 bits per heavy atom. The first-order valence-electron chi connectivity index (χ1n) is 4.73. The summed E-state index contributed by atoms with van der Waals surface area (Å²) in [4.78, 5) is 19.7. The molecule has 90 valence electrons. The van der Waals surface area contributed by atoms with Crippen LogP contribution in [0, 0.1) is 0 Å². The molecule has 0 aliphatic carbocycles. The second kappa shape index (κ2) is 6.88. The van der Waals surface area contributed by atoms with Crippen LogP contribution >= 0.6 is 27.5 Å². The van der Waals surface area contributed by atoms with Crippen LogP contribution in [0.25, 0.3) is 0 Å². The third-order valence-corrected chi connectivity index (χ3v) is 2.69. The van der Waals surface area contributed by atoms with Crippen molar-refractivity contribution in [2.75, 3.05) is 37.0 Å². The highest BCUT2D eigenvalue weighted by Gasteiger charge is 2.13. The molecule has 0 amide bonds. The smallest absolute Gasteiger partial charge is 0.271 e. The van der Waals surface area contributed by atoms with E-state index in [-0.39, 0.29) is 10.6 Å². The first-order valence-corrected chi connectivity index (χ1v) is 6.23. The maximum atomic E-state index is 11.3. The zero-order chi connectivity index (χ0) is 12.0. The fourth-order valence-corrected chi connectivity index (χ4v) is 1.87. The van der Waals surface area contributed by atoms with Gasteiger partial charge in [-0.05, 0) is 0 Å². The lowest BCUT2D eigenvalue weighted by Gasteiger charge is -2.22. The molecule has 0 fully saturated rings. The molecule has 1 aromatic heterocycles. The van der Waals surface area contributed by atoms with Gasteiger partial charge >= 0.3 is 0 Å². The van der Waals surface area contributed by atoms with Gasteiger partial charge in [0.25, 0.3) is 5.56 Å². The van der Waals surface area contributed by atoms with Crippen LogP contribution in [0.15, 0.2) is 11.1 Å². The number of aromatic nitrogens is 2. The van der Waals surface area contributed by atoms with Gasteiger partial charge in [0.15, 0.2) is 5.82 Å². The second-order valence-electron chi connectivity index (χ2n) is 3.04. The number of ether oxygens (including phenoxy) is 1. The van der Waals surface area contributed by atoms with Gasteiger partial charge in [-0.2, -0.15) is 0 Å². The fraction of sp³-hybridized carbons (Fsp3) is 0.556. The number of hydrogen-bond donors (Lipinski definition) is 1. The standard InChI is InChI=1S/C9H13BrClN3O2/c1-16-5-4-14(3-2-10)8-7(11)9(15)13-6-12-8/h6H,2-5H2,1H3,(H,12,13,15). The molecule has 1 N–H and O–H groups in total. The molecular weight excluding hydrogens is 297 g/mol. The number of nitrogens with one attached hydrogen (secondary N) is 1. The maximum absolute atomic E-state index is 11.3. The van der Waals surface area contributed by atoms with Gasteiger partial charge in [0, 0.05) is 25.5 Å². The highest BCUT2D eigenvalue weighted by Crippen LogP contribution is 2.17. The largest absolute Gasteiger partial charge is 0.383 e. The van der Waals surface area contributed by atoms with E-state index in [1.807, 2.05) is 4.90 Å². The van der Waals surface area contributed by atoms with E-state index in [1.54, 1.807) is 7.11 Å². The van der Waals surface area contributed by atoms with E-state index < -0.39 is 0 Å². The Kier molecular flexibility index (Phi) is 5.79. The third-order valence-electron chi connectivity index (χ3n) is 2.00. The van der Waals surface area contributed by atoms with Gasteiger partial charge in [0.05, 0.1) is 12.9 Å². The number of H-pyrrole nitrogens is 1. The summed E-state index contributed by atoms with van der Waals surface area (Å²) >= 11 is 9.24. The Balaban J connectivity index is 2.91. The van der Waals surface area contributed by atoms with E-state index in [2.05, 4.69) is 25.9 Å². The zero-order valence-electron chi connectivity index (χ0n) is 8.87. The number of rotatable bonds is 6. The van der Waals surface area contributed by atoms with Crippen molar-refractivity contribution in [1.82, 2.24) is 9.97 Å². The summed E-state index contributed by atoms with van der Waals surface area (Å²) in [7, 11) is 1.62. The predicted molar refractivity (Wildman–Crippen MR) is 67.8 cm³/mol. The van der Waals surface area contributed by atoms with Gasteiger partial charge in [-0.25, -0.2) is 4.98 Å². The molecule has 0 aromatic carbocycles. The minimum Gasteiger partial charge on any atom is -0.383 e. The molecule has 5 nitrogen and oxygen atoms in total. The first-order chi connectivity index (χ1) is 7.70. The normalized spacial score (nSPS) is 10.4. The second-order valence-corrected chi connectivity index (χ2v) is 4.21. The monoisotopic (exact) mass is 309 g/mol. The molecule has 0 bridgehead atoms. The van der Waals surface area contributed by atoms with Gasteiger partial charge < -0.3 is 14.6 Å². The summed E-state index contributed by atoms with van der Waals surface area (Å²) in [6.45, 7) is 1.90. The van der Waals surface area contributed by atoms with Crippen molar-refractivity contribution in [3.63, 3.8) is 0 Å². The molecular formula is C9H13BrClN3O2. The number of anilines is 1. The first kappa shape index (κ1) is 13.5. The van der Waals surface area contributed by atoms with Gasteiger partial charge in [-0.15, -0.1) is 0 Å². The SMILES string of the molecule is COCCN(CCBr)c1nc[nH]c(=O)c1Cl. The summed E-state index contributed by atoms with van der Waals surface area (Å²) in [5, 5.41) is 0.876. The van der Waals surface area contributed by atoms with Crippen LogP contribution in [0.1, 0.15) is 0 Å². The van der Waals surface area contributed by atoms with E-state index >= 15 is 0 Å². The molecule has 1 heterocycles. The molecule has 0 saturated heterocycles. The highest BCUT2D eigenvalue weighted by molar-refractivity contribution is 9.09. The van der Waals surface area contributed by atoms with Gasteiger partial charge in [0.2, 0.25) is 0 Å². The summed E-state index contributed by atoms with van der Waals surface area (Å²) < 4.78 is 5.00. The summed E-state index contributed by atoms with van der Waals surface area (Å²) in [5.41, 5.74) is -0.330. The molecule has 1 aromatic rings. The molecule has 0 aliphatic rings. The summed E-state index contributed by atoms with van der Waals surface area (Å²) in [6.07, 6.45) is 1.34. The quantitative estimate of drug-likeness (QED) is 0.804. The topological polar surface area (TPSA) is 58.2 Å². The van der Waals surface area contributed by atoms with Crippen LogP contribution in [0.5, 0.6) is 0 Å². The molecule has 0 radical (unpaired) electrons. The van der Waals surface area contributed by atoms with Crippen LogP contribution in [0.3, 0.4) is 0 Å². The zero-order valence-corrected chi connectivity index (χ0v) is 11.2. The van der Waals surface area contributed by atoms with E-state index in [9.17, 15) is 4.79 Å². The van der Waals surface area contributed by atoms with Crippen LogP contribution in [-0.2, 0) is 4.74 Å². The molecule has 16 heavy (non-hydrogen) atoms. The van der Waals surface area contributed by atoms with Crippen LogP contribution in [0.4, 0.5) is 5.82 Å². The molecule has 7 heteroatoms. The molecule has 0 atom stereocenters. The Morgan fingerprint density at radius 1 is 1.62 bits per heavy atom. The highest BCUT2D eigenvalue weighted by atomic mass is 79.9. The molecule has 1 rings (SSSR count). The van der Waals surface area contributed by atoms with E-state index in [4.69, 9.17) is 16.3 Å². The Hall–Kier alpha value is -0.590. The molecule has 0 aliphatic heterocycles. The summed E-state index contributed by atoms with van der Waals surface area (Å²) in [5.74, 6) is 0.488. The number of hydrogen-bond acceptors (Lipinski definition) is 4. The Bertz CT molecular complexity index is 385. The van der Waals surface area contributed by atoms with Crippen molar-refractivity contribution >= 4 is 33.3 Å². The lowest BCUT2D eigenvalue weighted by Crippen LogP contribution is -2.31. The van der Waals surface area contributed by atoms with Crippen LogP contribution < -0.4 is 10.5 Å². The van der Waals surface area contributed by atoms with Crippen LogP contribution in [-0.4, -0.2) is 42.1 Å². The van der Waals surface area contributed by atoms with Crippen molar-refractivity contribution < 1.29 is 4.74 Å². The van der Waals surface area contributed by atoms with Crippen LogP contribution in [0.2, 0.25) is 5.02 Å². The van der Waals surface area contributed by atoms with Crippen molar-refractivity contribution in [1.29, 1.82) is 0 Å². The predicted octanol–water partition coefficient (Wildman–Crippen LogP) is 1.27. The average molecular weight is 311 g/mol. The fourth-order valence-electron chi connectivity index (χ4n) is 1.22. The van der Waals surface area contributed by atoms with E-state index in [1.165, 1.54) is 6.33 Å². The lowest BCUT2D eigenvalue weighted by atomic mass is 10.4. The average Bonchev–Trinajstić information content (AvgIpc) is 2.28. The minimum atomic E-state index is -0.330. The van der Waals surface area contributed by atoms with E-state index in [0.29, 0.717) is 25.5 Å². The van der Waals surface area contributed by atoms with Gasteiger partial charge in [0.1, 0.15) is 5.02 Å². The number of nitrogens with zero attached hydrogens (tertiary/aromatic N) is 2. The van der Waals surface area contributed by atoms with E-state index in [0.717, 1.165) is 5.33 Å². The van der Waals surface area contributed by atoms with Crippen molar-refractivity contribution in [2.45, 2.75) is 0 Å². The summed E-state index contributed by atoms with van der Waals surface area (Å²) in [6, 6.07) is 0. The van der Waals surface area contributed by atoms with Gasteiger partial charge in [-0.3, -0.25) is 4.79 Å². The number of halogens is 2. The van der Waals surface area contributed by atoms with Crippen molar-refractivity contribution in [3.05, 3.63) is 21.7 Å². The molecule has 0 spiro atoms. The maximum Gasteiger partial charge on any atom is 0.271 e.